The molecular formula is C12H15ClFN3O2. The fourth-order valence-corrected chi connectivity index (χ4v) is 2.44. The lowest BCUT2D eigenvalue weighted by Gasteiger charge is -2.13. The van der Waals surface area contributed by atoms with E-state index in [1.165, 1.54) is 6.07 Å². The first-order chi connectivity index (χ1) is 8.97. The predicted octanol–water partition coefficient (Wildman–Crippen LogP) is 2.75. The first kappa shape index (κ1) is 14.0. The Balaban J connectivity index is 2.10. The number of hydrogen-bond acceptors (Lipinski definition) is 4. The average molecular weight is 288 g/mol. The van der Waals surface area contributed by atoms with Crippen LogP contribution in [0.3, 0.4) is 0 Å². The molecule has 1 atom stereocenters. The van der Waals surface area contributed by atoms with Crippen LogP contribution < -0.4 is 5.32 Å². The first-order valence-electron chi connectivity index (χ1n) is 6.03. The number of halogens is 2. The molecule has 1 aromatic carbocycles. The Morgan fingerprint density at radius 3 is 2.95 bits per heavy atom. The molecule has 1 heterocycles. The monoisotopic (exact) mass is 287 g/mol. The Morgan fingerprint density at radius 1 is 1.63 bits per heavy atom. The third kappa shape index (κ3) is 3.33. The Kier molecular flexibility index (Phi) is 4.21. The van der Waals surface area contributed by atoms with Gasteiger partial charge in [-0.05, 0) is 32.0 Å². The van der Waals surface area contributed by atoms with Crippen molar-refractivity contribution in [2.75, 3.05) is 32.0 Å². The summed E-state index contributed by atoms with van der Waals surface area (Å²) >= 11 is 5.66. The highest BCUT2D eigenvalue weighted by Crippen LogP contribution is 2.30. The van der Waals surface area contributed by atoms with Crippen molar-refractivity contribution in [3.8, 4) is 0 Å². The molecule has 1 aliphatic heterocycles. The number of nitrogens with one attached hydrogen (secondary N) is 1. The molecule has 7 heteroatoms. The first-order valence-corrected chi connectivity index (χ1v) is 6.41. The number of nitro groups is 1. The summed E-state index contributed by atoms with van der Waals surface area (Å²) in [6.07, 6.45) is 1.05. The summed E-state index contributed by atoms with van der Waals surface area (Å²) < 4.78 is 13.2. The van der Waals surface area contributed by atoms with Gasteiger partial charge in [-0.15, -0.1) is 0 Å². The lowest BCUT2D eigenvalue weighted by Crippen LogP contribution is -2.19. The van der Waals surface area contributed by atoms with Crippen molar-refractivity contribution in [3.05, 3.63) is 33.1 Å². The van der Waals surface area contributed by atoms with Crippen molar-refractivity contribution in [2.45, 2.75) is 6.42 Å². The van der Waals surface area contributed by atoms with E-state index in [0.29, 0.717) is 12.5 Å². The van der Waals surface area contributed by atoms with Gasteiger partial charge in [0.2, 0.25) is 0 Å². The van der Waals surface area contributed by atoms with E-state index in [-0.39, 0.29) is 16.4 Å². The van der Waals surface area contributed by atoms with Crippen molar-refractivity contribution in [3.63, 3.8) is 0 Å². The highest BCUT2D eigenvalue weighted by Gasteiger charge is 2.22. The maximum Gasteiger partial charge on any atom is 0.295 e. The van der Waals surface area contributed by atoms with E-state index in [1.807, 2.05) is 7.05 Å². The smallest absolute Gasteiger partial charge is 0.295 e. The van der Waals surface area contributed by atoms with Crippen LogP contribution in [0.2, 0.25) is 5.02 Å². The summed E-state index contributed by atoms with van der Waals surface area (Å²) in [6.45, 7) is 2.60. The molecule has 0 aromatic heterocycles. The molecule has 1 aliphatic rings. The van der Waals surface area contributed by atoms with E-state index in [4.69, 9.17) is 11.6 Å². The highest BCUT2D eigenvalue weighted by molar-refractivity contribution is 6.31. The average Bonchev–Trinajstić information content (AvgIpc) is 2.76. The maximum absolute atomic E-state index is 13.2. The zero-order valence-corrected chi connectivity index (χ0v) is 11.3. The van der Waals surface area contributed by atoms with Gasteiger partial charge in [-0.1, -0.05) is 11.6 Å². The lowest BCUT2D eigenvalue weighted by atomic mass is 10.1. The molecule has 0 bridgehead atoms. The van der Waals surface area contributed by atoms with Gasteiger partial charge in [0.05, 0.1) is 16.0 Å². The fourth-order valence-electron chi connectivity index (χ4n) is 2.28. The third-order valence-electron chi connectivity index (χ3n) is 3.31. The number of likely N-dealkylation sites (tertiary alicyclic amines) is 1. The minimum Gasteiger partial charge on any atom is -0.379 e. The number of nitro benzene ring substituents is 1. The Labute approximate surface area is 115 Å². The van der Waals surface area contributed by atoms with Crippen molar-refractivity contribution in [1.82, 2.24) is 4.90 Å². The van der Waals surface area contributed by atoms with E-state index in [2.05, 4.69) is 10.2 Å². The molecule has 0 spiro atoms. The molecule has 1 N–H and O–H groups in total. The minimum atomic E-state index is -0.778. The summed E-state index contributed by atoms with van der Waals surface area (Å²) in [6, 6.07) is 2.12. The molecule has 19 heavy (non-hydrogen) atoms. The van der Waals surface area contributed by atoms with E-state index in [0.717, 1.165) is 25.6 Å². The van der Waals surface area contributed by atoms with Gasteiger partial charge in [-0.2, -0.15) is 0 Å². The van der Waals surface area contributed by atoms with Gasteiger partial charge >= 0.3 is 0 Å². The molecular weight excluding hydrogens is 273 g/mol. The second kappa shape index (κ2) is 5.71. The molecule has 0 amide bonds. The molecule has 1 unspecified atom stereocenters. The quantitative estimate of drug-likeness (QED) is 0.683. The van der Waals surface area contributed by atoms with Gasteiger partial charge in [-0.3, -0.25) is 10.1 Å². The Morgan fingerprint density at radius 2 is 2.37 bits per heavy atom. The molecule has 1 aromatic rings. The second-order valence-corrected chi connectivity index (χ2v) is 5.25. The van der Waals surface area contributed by atoms with E-state index in [1.54, 1.807) is 0 Å². The number of rotatable bonds is 4. The molecule has 0 saturated carbocycles. The molecule has 104 valence electrons. The molecule has 0 radical (unpaired) electrons. The summed E-state index contributed by atoms with van der Waals surface area (Å²) in [5.41, 5.74) is -0.0146. The number of nitrogens with zero attached hydrogens (tertiary/aromatic N) is 2. The second-order valence-electron chi connectivity index (χ2n) is 4.84. The predicted molar refractivity (Wildman–Crippen MR) is 72.2 cm³/mol. The van der Waals surface area contributed by atoms with E-state index >= 15 is 0 Å². The van der Waals surface area contributed by atoms with Gasteiger partial charge in [0.25, 0.3) is 5.69 Å². The lowest BCUT2D eigenvalue weighted by molar-refractivity contribution is -0.384. The SMILES string of the molecule is CN1CCC(CNc2cc(Cl)c(F)cc2[N+](=O)[O-])C1. The van der Waals surface area contributed by atoms with Crippen molar-refractivity contribution >= 4 is 23.0 Å². The Hall–Kier alpha value is -1.40. The zero-order chi connectivity index (χ0) is 14.0. The topological polar surface area (TPSA) is 58.4 Å². The van der Waals surface area contributed by atoms with Gasteiger partial charge in [0.15, 0.2) is 0 Å². The van der Waals surface area contributed by atoms with Crippen molar-refractivity contribution in [2.24, 2.45) is 5.92 Å². The Bertz CT molecular complexity index is 498. The molecule has 0 aliphatic carbocycles. The van der Waals surface area contributed by atoms with Crippen LogP contribution in [0.4, 0.5) is 15.8 Å². The van der Waals surface area contributed by atoms with Crippen LogP contribution in [-0.2, 0) is 0 Å². The van der Waals surface area contributed by atoms with Crippen LogP contribution in [0.15, 0.2) is 12.1 Å². The van der Waals surface area contributed by atoms with Crippen LogP contribution in [0, 0.1) is 21.8 Å². The summed E-state index contributed by atoms with van der Waals surface area (Å²) in [5, 5.41) is 13.8. The van der Waals surface area contributed by atoms with Crippen molar-refractivity contribution < 1.29 is 9.31 Å². The van der Waals surface area contributed by atoms with Gasteiger partial charge in [0, 0.05) is 13.1 Å². The fraction of sp³-hybridized carbons (Fsp3) is 0.500. The van der Waals surface area contributed by atoms with Gasteiger partial charge in [-0.25, -0.2) is 4.39 Å². The molecule has 2 rings (SSSR count). The van der Waals surface area contributed by atoms with Crippen LogP contribution in [0.25, 0.3) is 0 Å². The van der Waals surface area contributed by atoms with Crippen LogP contribution in [0.1, 0.15) is 6.42 Å². The van der Waals surface area contributed by atoms with Crippen LogP contribution >= 0.6 is 11.6 Å². The summed E-state index contributed by atoms with van der Waals surface area (Å²) in [7, 11) is 2.04. The molecule has 5 nitrogen and oxygen atoms in total. The van der Waals surface area contributed by atoms with E-state index in [9.17, 15) is 14.5 Å². The minimum absolute atomic E-state index is 0.114. The van der Waals surface area contributed by atoms with Gasteiger partial charge in [0.1, 0.15) is 11.5 Å². The van der Waals surface area contributed by atoms with E-state index < -0.39 is 10.7 Å². The largest absolute Gasteiger partial charge is 0.379 e. The number of hydrogen-bond donors (Lipinski definition) is 1. The normalized spacial score (nSPS) is 19.6. The zero-order valence-electron chi connectivity index (χ0n) is 10.5. The summed E-state index contributed by atoms with van der Waals surface area (Å²) in [4.78, 5) is 12.5. The van der Waals surface area contributed by atoms with Gasteiger partial charge < -0.3 is 10.2 Å². The molecule has 1 fully saturated rings. The number of anilines is 1. The molecule has 1 saturated heterocycles. The highest BCUT2D eigenvalue weighted by atomic mass is 35.5. The maximum atomic E-state index is 13.2. The summed E-state index contributed by atoms with van der Waals surface area (Å²) in [5.74, 6) is -0.340. The standard InChI is InChI=1S/C12H15ClFN3O2/c1-16-3-2-8(7-16)6-15-11-4-9(13)10(14)5-12(11)17(18)19/h4-5,8,15H,2-3,6-7H2,1H3. The third-order valence-corrected chi connectivity index (χ3v) is 3.60. The number of benzene rings is 1. The van der Waals surface area contributed by atoms with Crippen LogP contribution in [0.5, 0.6) is 0 Å². The van der Waals surface area contributed by atoms with Crippen LogP contribution in [-0.4, -0.2) is 36.5 Å². The van der Waals surface area contributed by atoms with Crippen molar-refractivity contribution in [1.29, 1.82) is 0 Å².